The van der Waals surface area contributed by atoms with Gasteiger partial charge in [0.25, 0.3) is 0 Å². The Labute approximate surface area is 173 Å². The van der Waals surface area contributed by atoms with Crippen molar-refractivity contribution in [1.29, 1.82) is 0 Å². The molecule has 1 heterocycles. The minimum absolute atomic E-state index is 0.108. The standard InChI is InChI=1S/C24H30N2O3/c1-4-18-12-10-11-17-26(18)23(28)24(2,3)22(27)25-20-15-8-9-16-21(20)29-19-13-6-5-7-14-19/h5-9,13-16,18H,4,10-12,17H2,1-3H3,(H,25,27). The molecule has 5 nitrogen and oxygen atoms in total. The van der Waals surface area contributed by atoms with Crippen LogP contribution in [0.1, 0.15) is 46.5 Å². The van der Waals surface area contributed by atoms with Crippen molar-refractivity contribution in [3.63, 3.8) is 0 Å². The summed E-state index contributed by atoms with van der Waals surface area (Å²) in [4.78, 5) is 28.2. The zero-order valence-electron chi connectivity index (χ0n) is 17.5. The summed E-state index contributed by atoms with van der Waals surface area (Å²) in [6.07, 6.45) is 4.05. The van der Waals surface area contributed by atoms with Gasteiger partial charge in [-0.05, 0) is 63.8 Å². The van der Waals surface area contributed by atoms with Gasteiger partial charge in [-0.25, -0.2) is 0 Å². The smallest absolute Gasteiger partial charge is 0.239 e. The number of nitrogens with one attached hydrogen (secondary N) is 1. The van der Waals surface area contributed by atoms with E-state index in [0.717, 1.165) is 32.2 Å². The summed E-state index contributed by atoms with van der Waals surface area (Å²) >= 11 is 0. The van der Waals surface area contributed by atoms with Crippen LogP contribution in [0.3, 0.4) is 0 Å². The summed E-state index contributed by atoms with van der Waals surface area (Å²) in [5.41, 5.74) is -0.613. The van der Waals surface area contributed by atoms with Crippen molar-refractivity contribution in [1.82, 2.24) is 4.90 Å². The number of carbonyl (C=O) groups excluding carboxylic acids is 2. The largest absolute Gasteiger partial charge is 0.455 e. The van der Waals surface area contributed by atoms with Crippen LogP contribution in [-0.4, -0.2) is 29.3 Å². The number of ether oxygens (including phenoxy) is 1. The number of benzene rings is 2. The van der Waals surface area contributed by atoms with Crippen molar-refractivity contribution in [2.75, 3.05) is 11.9 Å². The summed E-state index contributed by atoms with van der Waals surface area (Å²) in [5, 5.41) is 2.91. The number of piperidine rings is 1. The van der Waals surface area contributed by atoms with Gasteiger partial charge in [0.2, 0.25) is 11.8 Å². The minimum atomic E-state index is -1.16. The van der Waals surface area contributed by atoms with Gasteiger partial charge < -0.3 is 15.0 Å². The monoisotopic (exact) mass is 394 g/mol. The second-order valence-corrected chi connectivity index (χ2v) is 8.05. The highest BCUT2D eigenvalue weighted by Crippen LogP contribution is 2.32. The number of hydrogen-bond donors (Lipinski definition) is 1. The van der Waals surface area contributed by atoms with E-state index in [1.54, 1.807) is 26.0 Å². The van der Waals surface area contributed by atoms with E-state index in [1.165, 1.54) is 0 Å². The van der Waals surface area contributed by atoms with Crippen LogP contribution in [0.4, 0.5) is 5.69 Å². The Morgan fingerprint density at radius 3 is 2.48 bits per heavy atom. The number of amides is 2. The van der Waals surface area contributed by atoms with Gasteiger partial charge in [-0.15, -0.1) is 0 Å². The number of para-hydroxylation sites is 3. The predicted molar refractivity (Wildman–Crippen MR) is 115 cm³/mol. The second kappa shape index (κ2) is 9.12. The van der Waals surface area contributed by atoms with Crippen molar-refractivity contribution in [2.45, 2.75) is 52.5 Å². The maximum atomic E-state index is 13.2. The predicted octanol–water partition coefficient (Wildman–Crippen LogP) is 5.23. The third-order valence-electron chi connectivity index (χ3n) is 5.57. The van der Waals surface area contributed by atoms with Crippen LogP contribution in [-0.2, 0) is 9.59 Å². The lowest BCUT2D eigenvalue weighted by atomic mass is 9.87. The molecule has 1 atom stereocenters. The molecule has 3 rings (SSSR count). The van der Waals surface area contributed by atoms with Crippen molar-refractivity contribution in [2.24, 2.45) is 5.41 Å². The van der Waals surface area contributed by atoms with Gasteiger partial charge in [0, 0.05) is 12.6 Å². The van der Waals surface area contributed by atoms with Crippen LogP contribution in [0, 0.1) is 5.41 Å². The summed E-state index contributed by atoms with van der Waals surface area (Å²) in [5.74, 6) is 0.790. The highest BCUT2D eigenvalue weighted by atomic mass is 16.5. The molecule has 0 radical (unpaired) electrons. The van der Waals surface area contributed by atoms with Gasteiger partial charge in [-0.3, -0.25) is 9.59 Å². The Morgan fingerprint density at radius 2 is 1.76 bits per heavy atom. The number of anilines is 1. The lowest BCUT2D eigenvalue weighted by Gasteiger charge is -2.39. The fraction of sp³-hybridized carbons (Fsp3) is 0.417. The lowest BCUT2D eigenvalue weighted by molar-refractivity contribution is -0.149. The van der Waals surface area contributed by atoms with Gasteiger partial charge in [0.05, 0.1) is 5.69 Å². The summed E-state index contributed by atoms with van der Waals surface area (Å²) in [6, 6.07) is 16.9. The highest BCUT2D eigenvalue weighted by Gasteiger charge is 2.41. The van der Waals surface area contributed by atoms with E-state index in [4.69, 9.17) is 4.74 Å². The summed E-state index contributed by atoms with van der Waals surface area (Å²) in [7, 11) is 0. The first-order chi connectivity index (χ1) is 13.9. The zero-order valence-corrected chi connectivity index (χ0v) is 17.5. The van der Waals surface area contributed by atoms with E-state index < -0.39 is 5.41 Å². The fourth-order valence-electron chi connectivity index (χ4n) is 3.70. The van der Waals surface area contributed by atoms with Crippen LogP contribution in [0.25, 0.3) is 0 Å². The molecule has 0 bridgehead atoms. The van der Waals surface area contributed by atoms with Gasteiger partial charge >= 0.3 is 0 Å². The molecule has 1 aliphatic heterocycles. The van der Waals surface area contributed by atoms with Gasteiger partial charge in [-0.2, -0.15) is 0 Å². The first-order valence-corrected chi connectivity index (χ1v) is 10.4. The minimum Gasteiger partial charge on any atom is -0.455 e. The zero-order chi connectivity index (χ0) is 20.9. The van der Waals surface area contributed by atoms with E-state index >= 15 is 0 Å². The molecule has 5 heteroatoms. The molecule has 0 spiro atoms. The molecule has 0 aromatic heterocycles. The molecule has 1 saturated heterocycles. The molecule has 1 unspecified atom stereocenters. The summed E-state index contributed by atoms with van der Waals surface area (Å²) in [6.45, 7) is 6.22. The molecule has 2 aromatic rings. The maximum Gasteiger partial charge on any atom is 0.239 e. The van der Waals surface area contributed by atoms with Crippen molar-refractivity contribution >= 4 is 17.5 Å². The van der Waals surface area contributed by atoms with Crippen LogP contribution in [0.2, 0.25) is 0 Å². The van der Waals surface area contributed by atoms with Crippen molar-refractivity contribution < 1.29 is 14.3 Å². The number of hydrogen-bond acceptors (Lipinski definition) is 3. The maximum absolute atomic E-state index is 13.2. The van der Waals surface area contributed by atoms with Gasteiger partial charge in [-0.1, -0.05) is 37.3 Å². The molecule has 1 aliphatic rings. The molecule has 2 amide bonds. The molecule has 0 saturated carbocycles. The Hall–Kier alpha value is -2.82. The van der Waals surface area contributed by atoms with E-state index in [2.05, 4.69) is 12.2 Å². The molecule has 2 aromatic carbocycles. The fourth-order valence-corrected chi connectivity index (χ4v) is 3.70. The van der Waals surface area contributed by atoms with Crippen LogP contribution < -0.4 is 10.1 Å². The number of carbonyl (C=O) groups is 2. The van der Waals surface area contributed by atoms with E-state index in [1.807, 2.05) is 47.4 Å². The Bertz CT molecular complexity index is 848. The third-order valence-corrected chi connectivity index (χ3v) is 5.57. The first-order valence-electron chi connectivity index (χ1n) is 10.4. The number of nitrogens with zero attached hydrogens (tertiary/aromatic N) is 1. The third kappa shape index (κ3) is 4.78. The summed E-state index contributed by atoms with van der Waals surface area (Å²) < 4.78 is 5.92. The number of likely N-dealkylation sites (tertiary alicyclic amines) is 1. The van der Waals surface area contributed by atoms with E-state index in [-0.39, 0.29) is 17.9 Å². The Morgan fingerprint density at radius 1 is 1.07 bits per heavy atom. The molecular weight excluding hydrogens is 364 g/mol. The average molecular weight is 395 g/mol. The molecular formula is C24H30N2O3. The average Bonchev–Trinajstić information content (AvgIpc) is 2.75. The lowest BCUT2D eigenvalue weighted by Crippen LogP contribution is -2.52. The Balaban J connectivity index is 1.76. The Kier molecular flexibility index (Phi) is 6.57. The molecule has 154 valence electrons. The first kappa shape index (κ1) is 20.9. The molecule has 1 N–H and O–H groups in total. The molecule has 29 heavy (non-hydrogen) atoms. The van der Waals surface area contributed by atoms with Gasteiger partial charge in [0.15, 0.2) is 5.75 Å². The highest BCUT2D eigenvalue weighted by molar-refractivity contribution is 6.10. The molecule has 1 fully saturated rings. The topological polar surface area (TPSA) is 58.6 Å². The van der Waals surface area contributed by atoms with Crippen molar-refractivity contribution in [3.8, 4) is 11.5 Å². The van der Waals surface area contributed by atoms with Crippen LogP contribution in [0.5, 0.6) is 11.5 Å². The normalized spacial score (nSPS) is 16.9. The van der Waals surface area contributed by atoms with E-state index in [9.17, 15) is 9.59 Å². The second-order valence-electron chi connectivity index (χ2n) is 8.05. The number of rotatable bonds is 6. The SMILES string of the molecule is CCC1CCCCN1C(=O)C(C)(C)C(=O)Nc1ccccc1Oc1ccccc1. The molecule has 0 aliphatic carbocycles. The van der Waals surface area contributed by atoms with Gasteiger partial charge in [0.1, 0.15) is 11.2 Å². The van der Waals surface area contributed by atoms with E-state index in [0.29, 0.717) is 17.2 Å². The van der Waals surface area contributed by atoms with Crippen molar-refractivity contribution in [3.05, 3.63) is 54.6 Å². The van der Waals surface area contributed by atoms with Crippen LogP contribution >= 0.6 is 0 Å². The quantitative estimate of drug-likeness (QED) is 0.682. The van der Waals surface area contributed by atoms with Crippen LogP contribution in [0.15, 0.2) is 54.6 Å².